The zero-order valence-electron chi connectivity index (χ0n) is 15.0. The van der Waals surface area contributed by atoms with Gasteiger partial charge in [-0.05, 0) is 43.7 Å². The van der Waals surface area contributed by atoms with Crippen LogP contribution in [0.25, 0.3) is 15.9 Å². The summed E-state index contributed by atoms with van der Waals surface area (Å²) in [5.41, 5.74) is 1.43. The van der Waals surface area contributed by atoms with Gasteiger partial charge in [-0.2, -0.15) is 5.10 Å². The number of nitrogens with zero attached hydrogens (tertiary/aromatic N) is 2. The molecule has 0 radical (unpaired) electrons. The maximum absolute atomic E-state index is 13.2. The minimum absolute atomic E-state index is 0.322. The molecule has 0 amide bonds. The number of carbonyl (C=O) groups excluding carboxylic acids is 2. The lowest BCUT2D eigenvalue weighted by Crippen LogP contribution is -2.16. The fourth-order valence-corrected chi connectivity index (χ4v) is 3.55. The van der Waals surface area contributed by atoms with Crippen molar-refractivity contribution in [3.05, 3.63) is 46.7 Å². The first-order chi connectivity index (χ1) is 13.0. The van der Waals surface area contributed by atoms with Gasteiger partial charge >= 0.3 is 11.9 Å². The fraction of sp³-hybridized carbons (Fsp3) is 0.316. The monoisotopic (exact) mass is 390 g/mol. The fourth-order valence-electron chi connectivity index (χ4n) is 2.47. The second kappa shape index (κ2) is 8.30. The molecule has 142 valence electrons. The number of aryl methyl sites for hydroxylation is 1. The number of halogens is 1. The Morgan fingerprint density at radius 3 is 2.67 bits per heavy atom. The summed E-state index contributed by atoms with van der Waals surface area (Å²) in [4.78, 5) is 24.9. The first-order valence-corrected chi connectivity index (χ1v) is 9.39. The molecule has 8 heteroatoms. The van der Waals surface area contributed by atoms with Gasteiger partial charge in [-0.25, -0.2) is 18.7 Å². The normalized spacial score (nSPS) is 10.9. The summed E-state index contributed by atoms with van der Waals surface area (Å²) in [6, 6.07) is 7.62. The Balaban J connectivity index is 1.74. The molecule has 0 saturated heterocycles. The molecular formula is C19H19FN2O4S. The number of ether oxygens (including phenoxy) is 2. The van der Waals surface area contributed by atoms with E-state index in [-0.39, 0.29) is 5.82 Å². The number of unbranched alkanes of at least 4 members (excludes halogenated alkanes) is 1. The van der Waals surface area contributed by atoms with E-state index in [1.54, 1.807) is 22.9 Å². The summed E-state index contributed by atoms with van der Waals surface area (Å²) in [5, 5.41) is 5.25. The molecule has 1 aromatic carbocycles. The van der Waals surface area contributed by atoms with Crippen LogP contribution in [-0.4, -0.2) is 34.9 Å². The maximum atomic E-state index is 13.2. The highest BCUT2D eigenvalue weighted by molar-refractivity contribution is 7.20. The Morgan fingerprint density at radius 1 is 1.22 bits per heavy atom. The number of hydrogen-bond acceptors (Lipinski definition) is 6. The summed E-state index contributed by atoms with van der Waals surface area (Å²) in [7, 11) is 0. The lowest BCUT2D eigenvalue weighted by Gasteiger charge is -2.04. The van der Waals surface area contributed by atoms with Gasteiger partial charge in [-0.3, -0.25) is 0 Å². The first-order valence-electron chi connectivity index (χ1n) is 8.57. The predicted octanol–water partition coefficient (Wildman–Crippen LogP) is 4.03. The van der Waals surface area contributed by atoms with Gasteiger partial charge in [-0.15, -0.1) is 11.3 Å². The molecule has 6 nitrogen and oxygen atoms in total. The minimum atomic E-state index is -0.589. The van der Waals surface area contributed by atoms with Crippen LogP contribution in [0.5, 0.6) is 0 Å². The second-order valence-electron chi connectivity index (χ2n) is 5.95. The largest absolute Gasteiger partial charge is 0.463 e. The van der Waals surface area contributed by atoms with Crippen LogP contribution in [0.1, 0.15) is 35.1 Å². The summed E-state index contributed by atoms with van der Waals surface area (Å²) < 4.78 is 24.8. The van der Waals surface area contributed by atoms with Crippen LogP contribution in [0.2, 0.25) is 0 Å². The van der Waals surface area contributed by atoms with Gasteiger partial charge in [-0.1, -0.05) is 13.3 Å². The summed E-state index contributed by atoms with van der Waals surface area (Å²) in [6.07, 6.45) is 1.69. The van der Waals surface area contributed by atoms with Crippen molar-refractivity contribution in [2.24, 2.45) is 0 Å². The van der Waals surface area contributed by atoms with Crippen molar-refractivity contribution in [1.29, 1.82) is 0 Å². The van der Waals surface area contributed by atoms with E-state index in [0.717, 1.165) is 28.8 Å². The lowest BCUT2D eigenvalue weighted by molar-refractivity contribution is -0.147. The third-order valence-corrected chi connectivity index (χ3v) is 4.99. The van der Waals surface area contributed by atoms with Crippen molar-refractivity contribution in [1.82, 2.24) is 9.78 Å². The molecule has 3 aromatic rings. The van der Waals surface area contributed by atoms with Crippen LogP contribution in [-0.2, 0) is 14.3 Å². The smallest absolute Gasteiger partial charge is 0.348 e. The topological polar surface area (TPSA) is 70.4 Å². The third kappa shape index (κ3) is 4.33. The number of fused-ring (bicyclic) bond motifs is 1. The number of rotatable bonds is 7. The van der Waals surface area contributed by atoms with E-state index in [9.17, 15) is 14.0 Å². The molecule has 0 atom stereocenters. The van der Waals surface area contributed by atoms with E-state index in [1.165, 1.54) is 23.5 Å². The van der Waals surface area contributed by atoms with E-state index in [1.807, 2.05) is 13.8 Å². The van der Waals surface area contributed by atoms with Gasteiger partial charge in [0.25, 0.3) is 0 Å². The summed E-state index contributed by atoms with van der Waals surface area (Å²) >= 11 is 1.21. The SMILES string of the molecule is CCCCOC(=O)COC(=O)c1cc2c(C)nn(-c3ccc(F)cc3)c2s1. The Labute approximate surface area is 159 Å². The number of carbonyl (C=O) groups is 2. The van der Waals surface area contributed by atoms with Crippen LogP contribution in [0.4, 0.5) is 4.39 Å². The van der Waals surface area contributed by atoms with Crippen LogP contribution < -0.4 is 0 Å². The number of hydrogen-bond donors (Lipinski definition) is 0. The Hall–Kier alpha value is -2.74. The molecule has 0 spiro atoms. The van der Waals surface area contributed by atoms with Crippen molar-refractivity contribution in [2.75, 3.05) is 13.2 Å². The van der Waals surface area contributed by atoms with E-state index >= 15 is 0 Å². The van der Waals surface area contributed by atoms with Crippen LogP contribution in [0.15, 0.2) is 30.3 Å². The molecule has 27 heavy (non-hydrogen) atoms. The molecule has 0 unspecified atom stereocenters. The van der Waals surface area contributed by atoms with Gasteiger partial charge in [0, 0.05) is 5.39 Å². The summed E-state index contributed by atoms with van der Waals surface area (Å²) in [6.45, 7) is 3.72. The molecule has 0 aliphatic carbocycles. The number of benzene rings is 1. The average molecular weight is 390 g/mol. The Bertz CT molecular complexity index is 962. The van der Waals surface area contributed by atoms with E-state index < -0.39 is 18.5 Å². The molecular weight excluding hydrogens is 371 g/mol. The third-order valence-electron chi connectivity index (χ3n) is 3.90. The molecule has 0 N–H and O–H groups in total. The number of aromatic nitrogens is 2. The van der Waals surface area contributed by atoms with Gasteiger partial charge in [0.1, 0.15) is 15.5 Å². The molecule has 0 aliphatic rings. The molecule has 0 fully saturated rings. The van der Waals surface area contributed by atoms with Gasteiger partial charge < -0.3 is 9.47 Å². The predicted molar refractivity (Wildman–Crippen MR) is 99.8 cm³/mol. The lowest BCUT2D eigenvalue weighted by atomic mass is 10.3. The molecule has 0 aliphatic heterocycles. The second-order valence-corrected chi connectivity index (χ2v) is 6.98. The van der Waals surface area contributed by atoms with E-state index in [2.05, 4.69) is 5.10 Å². The highest BCUT2D eigenvalue weighted by Gasteiger charge is 2.19. The van der Waals surface area contributed by atoms with Gasteiger partial charge in [0.15, 0.2) is 6.61 Å². The Kier molecular flexibility index (Phi) is 5.85. The maximum Gasteiger partial charge on any atom is 0.348 e. The molecule has 2 aromatic heterocycles. The van der Waals surface area contributed by atoms with E-state index in [0.29, 0.717) is 17.2 Å². The van der Waals surface area contributed by atoms with Crippen molar-refractivity contribution >= 4 is 33.5 Å². The average Bonchev–Trinajstić information content (AvgIpc) is 3.22. The van der Waals surface area contributed by atoms with Crippen LogP contribution in [0, 0.1) is 12.7 Å². The number of esters is 2. The quantitative estimate of drug-likeness (QED) is 0.450. The number of thiophene rings is 1. The molecule has 0 bridgehead atoms. The van der Waals surface area contributed by atoms with Crippen molar-refractivity contribution in [2.45, 2.75) is 26.7 Å². The summed E-state index contributed by atoms with van der Waals surface area (Å²) in [5.74, 6) is -1.49. The highest BCUT2D eigenvalue weighted by atomic mass is 32.1. The minimum Gasteiger partial charge on any atom is -0.463 e. The van der Waals surface area contributed by atoms with Crippen molar-refractivity contribution in [3.63, 3.8) is 0 Å². The van der Waals surface area contributed by atoms with Crippen LogP contribution >= 0.6 is 11.3 Å². The van der Waals surface area contributed by atoms with Gasteiger partial charge in [0.05, 0.1) is 18.0 Å². The van der Waals surface area contributed by atoms with E-state index in [4.69, 9.17) is 9.47 Å². The van der Waals surface area contributed by atoms with Crippen LogP contribution in [0.3, 0.4) is 0 Å². The standard InChI is InChI=1S/C19H19FN2O4S/c1-3-4-9-25-17(23)11-26-19(24)16-10-15-12(2)21-22(18(15)27-16)14-7-5-13(20)6-8-14/h5-8,10H,3-4,9,11H2,1-2H3. The molecule has 2 heterocycles. The zero-order chi connectivity index (χ0) is 19.4. The highest BCUT2D eigenvalue weighted by Crippen LogP contribution is 2.30. The molecule has 0 saturated carbocycles. The Morgan fingerprint density at radius 2 is 1.96 bits per heavy atom. The molecule has 3 rings (SSSR count). The first kappa shape index (κ1) is 19.0. The van der Waals surface area contributed by atoms with Crippen molar-refractivity contribution in [3.8, 4) is 5.69 Å². The zero-order valence-corrected chi connectivity index (χ0v) is 15.8. The van der Waals surface area contributed by atoms with Crippen molar-refractivity contribution < 1.29 is 23.5 Å². The van der Waals surface area contributed by atoms with Gasteiger partial charge in [0.2, 0.25) is 0 Å².